The molecule has 1 atom stereocenters. The first-order chi connectivity index (χ1) is 11.7. The monoisotopic (exact) mass is 328 g/mol. The number of hydrogen-bond acceptors (Lipinski definition) is 4. The topological polar surface area (TPSA) is 38.5 Å². The summed E-state index contributed by atoms with van der Waals surface area (Å²) < 4.78 is 11.3. The molecule has 4 nitrogen and oxygen atoms in total. The van der Waals surface area contributed by atoms with Crippen molar-refractivity contribution >= 4 is 0 Å². The van der Waals surface area contributed by atoms with E-state index in [9.17, 15) is 0 Å². The Kier molecular flexibility index (Phi) is 5.56. The standard InChI is InChI=1S/C20H28N2O2/c1-4-12-23-17-9-7-16(8-10-17)14-22-11-5-6-19(22)20-13-18(15(2)3)21-24-20/h7-10,13,15,19H,4-6,11-12,14H2,1-3H3/t19-/m1/s1. The highest BCUT2D eigenvalue weighted by atomic mass is 16.5. The van der Waals surface area contributed by atoms with E-state index in [0.717, 1.165) is 49.7 Å². The van der Waals surface area contributed by atoms with Crippen LogP contribution >= 0.6 is 0 Å². The molecule has 3 rings (SSSR count). The largest absolute Gasteiger partial charge is 0.494 e. The highest BCUT2D eigenvalue weighted by Crippen LogP contribution is 2.34. The van der Waals surface area contributed by atoms with Crippen molar-refractivity contribution in [3.05, 3.63) is 47.3 Å². The van der Waals surface area contributed by atoms with Crippen molar-refractivity contribution in [2.75, 3.05) is 13.2 Å². The summed E-state index contributed by atoms with van der Waals surface area (Å²) in [6.45, 7) is 9.24. The lowest BCUT2D eigenvalue weighted by Crippen LogP contribution is -2.22. The lowest BCUT2D eigenvalue weighted by molar-refractivity contribution is 0.206. The molecule has 2 aromatic rings. The van der Waals surface area contributed by atoms with Crippen LogP contribution in [0.25, 0.3) is 0 Å². The molecule has 1 aromatic carbocycles. The molecule has 0 amide bonds. The first-order valence-electron chi connectivity index (χ1n) is 9.09. The van der Waals surface area contributed by atoms with Gasteiger partial charge in [0, 0.05) is 12.6 Å². The maximum Gasteiger partial charge on any atom is 0.154 e. The predicted molar refractivity (Wildman–Crippen MR) is 95.2 cm³/mol. The zero-order valence-electron chi connectivity index (χ0n) is 15.0. The Morgan fingerprint density at radius 2 is 2.08 bits per heavy atom. The van der Waals surface area contributed by atoms with Gasteiger partial charge < -0.3 is 9.26 Å². The van der Waals surface area contributed by atoms with E-state index in [1.54, 1.807) is 0 Å². The summed E-state index contributed by atoms with van der Waals surface area (Å²) in [5, 5.41) is 4.22. The van der Waals surface area contributed by atoms with E-state index >= 15 is 0 Å². The van der Waals surface area contributed by atoms with Crippen LogP contribution in [-0.4, -0.2) is 23.2 Å². The fourth-order valence-electron chi connectivity index (χ4n) is 3.22. The van der Waals surface area contributed by atoms with Crippen molar-refractivity contribution < 1.29 is 9.26 Å². The van der Waals surface area contributed by atoms with Crippen LogP contribution in [0.3, 0.4) is 0 Å². The lowest BCUT2D eigenvalue weighted by atomic mass is 10.1. The molecule has 130 valence electrons. The van der Waals surface area contributed by atoms with Gasteiger partial charge >= 0.3 is 0 Å². The van der Waals surface area contributed by atoms with E-state index in [-0.39, 0.29) is 0 Å². The van der Waals surface area contributed by atoms with Crippen LogP contribution in [0.4, 0.5) is 0 Å². The normalized spacial score (nSPS) is 18.4. The molecular weight excluding hydrogens is 300 g/mol. The number of benzene rings is 1. The smallest absolute Gasteiger partial charge is 0.154 e. The summed E-state index contributed by atoms with van der Waals surface area (Å²) in [5.41, 5.74) is 2.36. The van der Waals surface area contributed by atoms with Crippen LogP contribution < -0.4 is 4.74 Å². The molecule has 0 aliphatic carbocycles. The Balaban J connectivity index is 1.65. The third-order valence-electron chi connectivity index (χ3n) is 4.61. The molecule has 0 saturated carbocycles. The van der Waals surface area contributed by atoms with Gasteiger partial charge in [-0.15, -0.1) is 0 Å². The number of nitrogens with zero attached hydrogens (tertiary/aromatic N) is 2. The minimum atomic E-state index is 0.348. The molecule has 0 N–H and O–H groups in total. The number of aromatic nitrogens is 1. The Labute approximate surface area is 144 Å². The minimum absolute atomic E-state index is 0.348. The fraction of sp³-hybridized carbons (Fsp3) is 0.550. The van der Waals surface area contributed by atoms with Crippen LogP contribution in [-0.2, 0) is 6.54 Å². The second-order valence-corrected chi connectivity index (χ2v) is 6.93. The second kappa shape index (κ2) is 7.84. The van der Waals surface area contributed by atoms with E-state index in [2.05, 4.69) is 61.2 Å². The quantitative estimate of drug-likeness (QED) is 0.723. The first-order valence-corrected chi connectivity index (χ1v) is 9.09. The van der Waals surface area contributed by atoms with E-state index in [4.69, 9.17) is 9.26 Å². The molecule has 24 heavy (non-hydrogen) atoms. The van der Waals surface area contributed by atoms with E-state index < -0.39 is 0 Å². The van der Waals surface area contributed by atoms with Gasteiger partial charge in [0.25, 0.3) is 0 Å². The first kappa shape index (κ1) is 17.0. The number of ether oxygens (including phenoxy) is 1. The minimum Gasteiger partial charge on any atom is -0.494 e. The van der Waals surface area contributed by atoms with E-state index in [0.29, 0.717) is 12.0 Å². The van der Waals surface area contributed by atoms with Crippen LogP contribution in [0, 0.1) is 0 Å². The highest BCUT2D eigenvalue weighted by Gasteiger charge is 2.29. The van der Waals surface area contributed by atoms with Gasteiger partial charge in [-0.05, 0) is 49.4 Å². The summed E-state index contributed by atoms with van der Waals surface area (Å²) in [7, 11) is 0. The number of likely N-dealkylation sites (tertiary alicyclic amines) is 1. The highest BCUT2D eigenvalue weighted by molar-refractivity contribution is 5.27. The SMILES string of the molecule is CCCOc1ccc(CN2CCC[C@@H]2c2cc(C(C)C)no2)cc1. The van der Waals surface area contributed by atoms with Crippen molar-refractivity contribution in [2.45, 2.75) is 58.5 Å². The fourth-order valence-corrected chi connectivity index (χ4v) is 3.22. The third kappa shape index (κ3) is 3.99. The maximum absolute atomic E-state index is 5.66. The van der Waals surface area contributed by atoms with Crippen molar-refractivity contribution in [2.24, 2.45) is 0 Å². The van der Waals surface area contributed by atoms with Crippen LogP contribution in [0.5, 0.6) is 5.75 Å². The Morgan fingerprint density at radius 1 is 1.29 bits per heavy atom. The molecule has 1 aliphatic heterocycles. The molecule has 2 heterocycles. The van der Waals surface area contributed by atoms with Crippen molar-refractivity contribution in [3.63, 3.8) is 0 Å². The molecule has 4 heteroatoms. The molecule has 1 aliphatic rings. The van der Waals surface area contributed by atoms with Gasteiger partial charge in [0.2, 0.25) is 0 Å². The van der Waals surface area contributed by atoms with Crippen molar-refractivity contribution in [1.29, 1.82) is 0 Å². The van der Waals surface area contributed by atoms with Crippen molar-refractivity contribution in [3.8, 4) is 5.75 Å². The van der Waals surface area contributed by atoms with Crippen molar-refractivity contribution in [1.82, 2.24) is 10.1 Å². The number of rotatable bonds is 7. The van der Waals surface area contributed by atoms with Gasteiger partial charge in [-0.25, -0.2) is 0 Å². The molecule has 1 aromatic heterocycles. The second-order valence-electron chi connectivity index (χ2n) is 6.93. The molecular formula is C20H28N2O2. The van der Waals surface area contributed by atoms with Gasteiger partial charge in [0.15, 0.2) is 5.76 Å². The summed E-state index contributed by atoms with van der Waals surface area (Å²) in [5.74, 6) is 2.38. The van der Waals surface area contributed by atoms with Crippen LogP contribution in [0.1, 0.15) is 69.0 Å². The third-order valence-corrected chi connectivity index (χ3v) is 4.61. The zero-order chi connectivity index (χ0) is 16.9. The molecule has 0 bridgehead atoms. The Hall–Kier alpha value is -1.81. The summed E-state index contributed by atoms with van der Waals surface area (Å²) in [6, 6.07) is 11.0. The molecule has 1 saturated heterocycles. The maximum atomic E-state index is 5.66. The average molecular weight is 328 g/mol. The molecule has 1 fully saturated rings. The summed E-state index contributed by atoms with van der Waals surface area (Å²) in [6.07, 6.45) is 3.39. The summed E-state index contributed by atoms with van der Waals surface area (Å²) in [4.78, 5) is 2.49. The van der Waals surface area contributed by atoms with Gasteiger partial charge in [-0.2, -0.15) is 0 Å². The number of hydrogen-bond donors (Lipinski definition) is 0. The van der Waals surface area contributed by atoms with Gasteiger partial charge in [0.1, 0.15) is 5.75 Å². The predicted octanol–water partition coefficient (Wildman–Crippen LogP) is 4.92. The zero-order valence-corrected chi connectivity index (χ0v) is 15.0. The Bertz CT molecular complexity index is 633. The lowest BCUT2D eigenvalue weighted by Gasteiger charge is -2.22. The van der Waals surface area contributed by atoms with Gasteiger partial charge in [-0.3, -0.25) is 4.90 Å². The molecule has 0 radical (unpaired) electrons. The molecule has 0 spiro atoms. The van der Waals surface area contributed by atoms with Gasteiger partial charge in [-0.1, -0.05) is 38.1 Å². The van der Waals surface area contributed by atoms with Crippen LogP contribution in [0.2, 0.25) is 0 Å². The Morgan fingerprint density at radius 3 is 2.75 bits per heavy atom. The van der Waals surface area contributed by atoms with Gasteiger partial charge in [0.05, 0.1) is 18.3 Å². The summed E-state index contributed by atoms with van der Waals surface area (Å²) >= 11 is 0. The van der Waals surface area contributed by atoms with Crippen LogP contribution in [0.15, 0.2) is 34.9 Å². The average Bonchev–Trinajstić information content (AvgIpc) is 3.23. The van der Waals surface area contributed by atoms with E-state index in [1.165, 1.54) is 12.0 Å². The molecule has 0 unspecified atom stereocenters. The van der Waals surface area contributed by atoms with E-state index in [1.807, 2.05) is 0 Å².